The predicted molar refractivity (Wildman–Crippen MR) is 104 cm³/mol. The number of hydrogen-bond donors (Lipinski definition) is 4. The Balaban J connectivity index is 1.69. The standard InChI is InChI=1S/C22H22F2N2O3/c1-2-14-4-3-5-16(8-14)22(6-7-22)25-13-20(27)19(26-21(28)29)11-15-9-17(23)12-18(24)10-15/h1,3-5,8-10,12,19-20,25-27H,6-7,11,13H2,(H,28,29). The van der Waals surface area contributed by atoms with Crippen molar-refractivity contribution in [1.29, 1.82) is 0 Å². The normalized spacial score (nSPS) is 16.5. The zero-order valence-corrected chi connectivity index (χ0v) is 15.7. The Kier molecular flexibility index (Phi) is 6.16. The molecule has 4 N–H and O–H groups in total. The first-order chi connectivity index (χ1) is 13.8. The minimum absolute atomic E-state index is 0.0522. The fourth-order valence-corrected chi connectivity index (χ4v) is 3.47. The lowest BCUT2D eigenvalue weighted by Crippen LogP contribution is -2.49. The number of hydrogen-bond acceptors (Lipinski definition) is 3. The van der Waals surface area contributed by atoms with Gasteiger partial charge >= 0.3 is 6.09 Å². The summed E-state index contributed by atoms with van der Waals surface area (Å²) in [6.07, 6.45) is 4.70. The van der Waals surface area contributed by atoms with Gasteiger partial charge in [0, 0.05) is 23.7 Å². The number of nitrogens with one attached hydrogen (secondary N) is 2. The molecule has 2 unspecified atom stereocenters. The maximum atomic E-state index is 13.4. The first-order valence-electron chi connectivity index (χ1n) is 9.26. The molecule has 0 bridgehead atoms. The molecule has 0 saturated heterocycles. The smallest absolute Gasteiger partial charge is 0.404 e. The average Bonchev–Trinajstić information content (AvgIpc) is 3.46. The van der Waals surface area contributed by atoms with Gasteiger partial charge in [0.25, 0.3) is 0 Å². The molecule has 2 aromatic carbocycles. The van der Waals surface area contributed by atoms with Gasteiger partial charge in [0.2, 0.25) is 0 Å². The molecule has 0 radical (unpaired) electrons. The lowest BCUT2D eigenvalue weighted by molar-refractivity contribution is 0.114. The van der Waals surface area contributed by atoms with Crippen LogP contribution in [-0.2, 0) is 12.0 Å². The molecule has 5 nitrogen and oxygen atoms in total. The van der Waals surface area contributed by atoms with Crippen LogP contribution in [0.25, 0.3) is 0 Å². The van der Waals surface area contributed by atoms with Crippen molar-refractivity contribution in [3.05, 3.63) is 70.8 Å². The number of terminal acetylenes is 1. The van der Waals surface area contributed by atoms with Crippen LogP contribution in [0.4, 0.5) is 13.6 Å². The second kappa shape index (κ2) is 8.60. The fraction of sp³-hybridized carbons (Fsp3) is 0.318. The van der Waals surface area contributed by atoms with E-state index in [2.05, 4.69) is 16.6 Å². The molecule has 1 aliphatic carbocycles. The first kappa shape index (κ1) is 20.8. The molecule has 0 aromatic heterocycles. The minimum Gasteiger partial charge on any atom is -0.465 e. The highest BCUT2D eigenvalue weighted by Gasteiger charge is 2.44. The highest BCUT2D eigenvalue weighted by Crippen LogP contribution is 2.45. The number of benzene rings is 2. The summed E-state index contributed by atoms with van der Waals surface area (Å²) in [7, 11) is 0. The Bertz CT molecular complexity index is 918. The third-order valence-electron chi connectivity index (χ3n) is 5.13. The molecule has 7 heteroatoms. The van der Waals surface area contributed by atoms with Crippen molar-refractivity contribution in [2.24, 2.45) is 0 Å². The summed E-state index contributed by atoms with van der Waals surface area (Å²) in [5, 5.41) is 25.2. The van der Waals surface area contributed by atoms with Crippen molar-refractivity contribution in [1.82, 2.24) is 10.6 Å². The quantitative estimate of drug-likeness (QED) is 0.514. The minimum atomic E-state index is -1.33. The Morgan fingerprint density at radius 1 is 1.21 bits per heavy atom. The van der Waals surface area contributed by atoms with Gasteiger partial charge in [0.15, 0.2) is 0 Å². The topological polar surface area (TPSA) is 81.6 Å². The number of rotatable bonds is 8. The highest BCUT2D eigenvalue weighted by atomic mass is 19.1. The second-order valence-corrected chi connectivity index (χ2v) is 7.29. The number of aliphatic hydroxyl groups excluding tert-OH is 1. The van der Waals surface area contributed by atoms with Crippen LogP contribution in [0.2, 0.25) is 0 Å². The molecule has 152 valence electrons. The zero-order valence-electron chi connectivity index (χ0n) is 15.7. The van der Waals surface area contributed by atoms with Crippen molar-refractivity contribution < 1.29 is 23.8 Å². The molecule has 2 atom stereocenters. The van der Waals surface area contributed by atoms with Gasteiger partial charge in [-0.15, -0.1) is 6.42 Å². The summed E-state index contributed by atoms with van der Waals surface area (Å²) in [5.41, 5.74) is 1.71. The van der Waals surface area contributed by atoms with Gasteiger partial charge in [0.1, 0.15) is 11.6 Å². The van der Waals surface area contributed by atoms with Crippen LogP contribution >= 0.6 is 0 Å². The molecule has 1 aliphatic rings. The third kappa shape index (κ3) is 5.31. The van der Waals surface area contributed by atoms with Crippen molar-refractivity contribution >= 4 is 6.09 Å². The van der Waals surface area contributed by atoms with Crippen LogP contribution in [0.1, 0.15) is 29.5 Å². The van der Waals surface area contributed by atoms with E-state index in [0.717, 1.165) is 42.2 Å². The van der Waals surface area contributed by atoms with E-state index < -0.39 is 29.9 Å². The summed E-state index contributed by atoms with van der Waals surface area (Å²) in [4.78, 5) is 11.1. The van der Waals surface area contributed by atoms with Gasteiger partial charge in [-0.2, -0.15) is 0 Å². The van der Waals surface area contributed by atoms with Crippen LogP contribution < -0.4 is 10.6 Å². The molecule has 0 aliphatic heterocycles. The van der Waals surface area contributed by atoms with Gasteiger partial charge in [-0.1, -0.05) is 18.1 Å². The summed E-state index contributed by atoms with van der Waals surface area (Å²) < 4.78 is 26.9. The predicted octanol–water partition coefficient (Wildman–Crippen LogP) is 2.76. The Morgan fingerprint density at radius 3 is 2.48 bits per heavy atom. The van der Waals surface area contributed by atoms with Gasteiger partial charge in [-0.05, 0) is 54.7 Å². The van der Waals surface area contributed by atoms with Crippen molar-refractivity contribution in [2.75, 3.05) is 6.54 Å². The van der Waals surface area contributed by atoms with Gasteiger partial charge in [0.05, 0.1) is 12.1 Å². The molecular weight excluding hydrogens is 378 g/mol. The summed E-state index contributed by atoms with van der Waals surface area (Å²) >= 11 is 0. The van der Waals surface area contributed by atoms with Crippen LogP contribution in [0.15, 0.2) is 42.5 Å². The molecule has 1 saturated carbocycles. The average molecular weight is 400 g/mol. The third-order valence-corrected chi connectivity index (χ3v) is 5.13. The van der Waals surface area contributed by atoms with E-state index in [1.807, 2.05) is 24.3 Å². The van der Waals surface area contributed by atoms with E-state index in [-0.39, 0.29) is 24.1 Å². The number of amides is 1. The number of aliphatic hydroxyl groups is 1. The van der Waals surface area contributed by atoms with E-state index in [4.69, 9.17) is 11.5 Å². The van der Waals surface area contributed by atoms with Crippen LogP contribution in [0.5, 0.6) is 0 Å². The molecule has 3 rings (SSSR count). The van der Waals surface area contributed by atoms with E-state index in [1.165, 1.54) is 0 Å². The maximum Gasteiger partial charge on any atom is 0.404 e. The molecule has 1 fully saturated rings. The summed E-state index contributed by atoms with van der Waals surface area (Å²) in [6.45, 7) is 0.100. The number of halogens is 2. The molecule has 0 spiro atoms. The van der Waals surface area contributed by atoms with E-state index in [9.17, 15) is 18.7 Å². The lowest BCUT2D eigenvalue weighted by Gasteiger charge is -2.26. The van der Waals surface area contributed by atoms with Gasteiger partial charge < -0.3 is 20.8 Å². The number of carboxylic acid groups (broad SMARTS) is 1. The SMILES string of the molecule is C#Cc1cccc(C2(NCC(O)C(Cc3cc(F)cc(F)c3)NC(=O)O)CC2)c1. The zero-order chi connectivity index (χ0) is 21.0. The molecule has 0 heterocycles. The fourth-order valence-electron chi connectivity index (χ4n) is 3.47. The Labute approximate surface area is 167 Å². The van der Waals surface area contributed by atoms with E-state index in [1.54, 1.807) is 0 Å². The summed E-state index contributed by atoms with van der Waals surface area (Å²) in [6, 6.07) is 9.61. The maximum absolute atomic E-state index is 13.4. The van der Waals surface area contributed by atoms with Crippen molar-refractivity contribution in [2.45, 2.75) is 36.9 Å². The van der Waals surface area contributed by atoms with Gasteiger partial charge in [-0.3, -0.25) is 0 Å². The first-order valence-corrected chi connectivity index (χ1v) is 9.26. The van der Waals surface area contributed by atoms with E-state index in [0.29, 0.717) is 0 Å². The molecule has 29 heavy (non-hydrogen) atoms. The number of carbonyl (C=O) groups is 1. The van der Waals surface area contributed by atoms with Crippen LogP contribution in [-0.4, -0.2) is 35.0 Å². The highest BCUT2D eigenvalue weighted by molar-refractivity contribution is 5.65. The second-order valence-electron chi connectivity index (χ2n) is 7.29. The molecule has 1 amide bonds. The molecular formula is C22H22F2N2O3. The van der Waals surface area contributed by atoms with Crippen molar-refractivity contribution in [3.63, 3.8) is 0 Å². The largest absolute Gasteiger partial charge is 0.465 e. The lowest BCUT2D eigenvalue weighted by atomic mass is 9.99. The van der Waals surface area contributed by atoms with E-state index >= 15 is 0 Å². The summed E-state index contributed by atoms with van der Waals surface area (Å²) in [5.74, 6) is 1.08. The Morgan fingerprint density at radius 2 is 1.90 bits per heavy atom. The van der Waals surface area contributed by atoms with Gasteiger partial charge in [-0.25, -0.2) is 13.6 Å². The Hall–Kier alpha value is -2.95. The molecule has 2 aromatic rings. The van der Waals surface area contributed by atoms with Crippen LogP contribution in [0.3, 0.4) is 0 Å². The van der Waals surface area contributed by atoms with Crippen molar-refractivity contribution in [3.8, 4) is 12.3 Å². The van der Waals surface area contributed by atoms with Crippen LogP contribution in [0, 0.1) is 24.0 Å². The monoisotopic (exact) mass is 400 g/mol.